The van der Waals surface area contributed by atoms with E-state index in [-0.39, 0.29) is 12.6 Å². The summed E-state index contributed by atoms with van der Waals surface area (Å²) in [7, 11) is 0. The first-order chi connectivity index (χ1) is 6.22. The van der Waals surface area contributed by atoms with Crippen molar-refractivity contribution < 1.29 is 9.53 Å². The summed E-state index contributed by atoms with van der Waals surface area (Å²) in [4.78, 5) is 14.6. The Balaban J connectivity index is 2.40. The van der Waals surface area contributed by atoms with Gasteiger partial charge in [0, 0.05) is 11.5 Å². The van der Waals surface area contributed by atoms with Crippen LogP contribution in [0.4, 0.5) is 15.9 Å². The average molecular weight is 200 g/mol. The van der Waals surface area contributed by atoms with Crippen LogP contribution in [0.1, 0.15) is 0 Å². The highest BCUT2D eigenvalue weighted by atomic mass is 32.1. The number of ether oxygens (including phenoxy) is 1. The van der Waals surface area contributed by atoms with E-state index in [2.05, 4.69) is 26.0 Å². The number of amides is 1. The van der Waals surface area contributed by atoms with Crippen molar-refractivity contribution in [1.82, 2.24) is 9.36 Å². The molecule has 0 spiro atoms. The molecule has 0 aliphatic heterocycles. The zero-order valence-electron chi connectivity index (χ0n) is 6.69. The number of nitrogen functional groups attached to an aromatic ring is 1. The fourth-order valence-corrected chi connectivity index (χ4v) is 0.942. The summed E-state index contributed by atoms with van der Waals surface area (Å²) in [5.41, 5.74) is 5.29. The fourth-order valence-electron chi connectivity index (χ4n) is 0.548. The molecule has 0 fully saturated rings. The molecule has 0 aliphatic carbocycles. The van der Waals surface area contributed by atoms with E-state index in [1.54, 1.807) is 0 Å². The van der Waals surface area contributed by atoms with E-state index in [0.717, 1.165) is 11.5 Å². The zero-order valence-corrected chi connectivity index (χ0v) is 7.50. The summed E-state index contributed by atoms with van der Waals surface area (Å²) in [5, 5.41) is 2.59. The number of hydrogen-bond acceptors (Lipinski definition) is 6. The van der Waals surface area contributed by atoms with Crippen molar-refractivity contribution in [3.8, 4) is 0 Å². The second kappa shape index (κ2) is 4.41. The van der Waals surface area contributed by atoms with Gasteiger partial charge in [-0.15, -0.1) is 0 Å². The van der Waals surface area contributed by atoms with Crippen molar-refractivity contribution in [3.63, 3.8) is 0 Å². The first kappa shape index (κ1) is 9.46. The molecule has 7 heteroatoms. The summed E-state index contributed by atoms with van der Waals surface area (Å²) in [6.07, 6.45) is 0.834. The van der Waals surface area contributed by atoms with Crippen LogP contribution in [-0.4, -0.2) is 22.1 Å². The highest BCUT2D eigenvalue weighted by Crippen LogP contribution is 2.09. The van der Waals surface area contributed by atoms with E-state index in [1.165, 1.54) is 6.08 Å². The second-order valence-corrected chi connectivity index (χ2v) is 2.75. The van der Waals surface area contributed by atoms with Crippen LogP contribution < -0.4 is 11.1 Å². The molecule has 0 saturated heterocycles. The summed E-state index contributed by atoms with van der Waals surface area (Å²) in [6.45, 7) is 3.53. The van der Waals surface area contributed by atoms with Gasteiger partial charge in [0.15, 0.2) is 0 Å². The summed E-state index contributed by atoms with van der Waals surface area (Å²) in [6, 6.07) is 0. The van der Waals surface area contributed by atoms with Gasteiger partial charge in [-0.25, -0.2) is 4.79 Å². The van der Waals surface area contributed by atoms with Crippen molar-refractivity contribution in [2.45, 2.75) is 0 Å². The lowest BCUT2D eigenvalue weighted by molar-refractivity contribution is 0.174. The van der Waals surface area contributed by atoms with E-state index < -0.39 is 6.09 Å². The van der Waals surface area contributed by atoms with Gasteiger partial charge in [-0.3, -0.25) is 5.32 Å². The zero-order chi connectivity index (χ0) is 9.68. The van der Waals surface area contributed by atoms with Gasteiger partial charge in [-0.1, -0.05) is 12.7 Å². The SMILES string of the molecule is C=CCOC(=O)Nc1nsc(N)n1. The van der Waals surface area contributed by atoms with Gasteiger partial charge in [-0.05, 0) is 0 Å². The van der Waals surface area contributed by atoms with Gasteiger partial charge in [0.05, 0.1) is 0 Å². The first-order valence-electron chi connectivity index (χ1n) is 3.36. The number of carbonyl (C=O) groups is 1. The Hall–Kier alpha value is -1.63. The number of hydrogen-bond donors (Lipinski definition) is 2. The molecule has 0 aromatic carbocycles. The maximum Gasteiger partial charge on any atom is 0.414 e. The average Bonchev–Trinajstić information content (AvgIpc) is 2.48. The molecule has 1 aromatic heterocycles. The van der Waals surface area contributed by atoms with E-state index >= 15 is 0 Å². The lowest BCUT2D eigenvalue weighted by Crippen LogP contribution is -2.14. The van der Waals surface area contributed by atoms with Crippen LogP contribution in [0.25, 0.3) is 0 Å². The number of aromatic nitrogens is 2. The van der Waals surface area contributed by atoms with Gasteiger partial charge in [0.25, 0.3) is 0 Å². The monoisotopic (exact) mass is 200 g/mol. The van der Waals surface area contributed by atoms with E-state index in [4.69, 9.17) is 5.73 Å². The third-order valence-electron chi connectivity index (χ3n) is 0.988. The van der Waals surface area contributed by atoms with Crippen LogP contribution in [0.15, 0.2) is 12.7 Å². The van der Waals surface area contributed by atoms with E-state index in [0.29, 0.717) is 5.13 Å². The molecular weight excluding hydrogens is 192 g/mol. The molecule has 0 aliphatic rings. The molecule has 0 saturated carbocycles. The van der Waals surface area contributed by atoms with Gasteiger partial charge >= 0.3 is 6.09 Å². The largest absolute Gasteiger partial charge is 0.445 e. The van der Waals surface area contributed by atoms with Crippen LogP contribution in [-0.2, 0) is 4.74 Å². The van der Waals surface area contributed by atoms with Gasteiger partial charge < -0.3 is 10.5 Å². The fraction of sp³-hybridized carbons (Fsp3) is 0.167. The predicted molar refractivity (Wildman–Crippen MR) is 49.5 cm³/mol. The van der Waals surface area contributed by atoms with Crippen LogP contribution in [0, 0.1) is 0 Å². The normalized spacial score (nSPS) is 9.23. The molecule has 1 heterocycles. The lowest BCUT2D eigenvalue weighted by Gasteiger charge is -1.99. The second-order valence-electron chi connectivity index (χ2n) is 1.97. The molecule has 0 radical (unpaired) electrons. The van der Waals surface area contributed by atoms with Crippen molar-refractivity contribution in [3.05, 3.63) is 12.7 Å². The third kappa shape index (κ3) is 3.08. The van der Waals surface area contributed by atoms with Crippen LogP contribution >= 0.6 is 11.5 Å². The molecule has 1 amide bonds. The minimum atomic E-state index is -0.627. The van der Waals surface area contributed by atoms with Crippen LogP contribution in [0.3, 0.4) is 0 Å². The Bertz CT molecular complexity index is 311. The van der Waals surface area contributed by atoms with Crippen molar-refractivity contribution >= 4 is 28.7 Å². The standard InChI is InChI=1S/C6H8N4O2S/c1-2-3-12-6(11)9-5-8-4(7)13-10-5/h2H,1,3H2,(H3,7,8,9,10,11). The van der Waals surface area contributed by atoms with Crippen LogP contribution in [0.5, 0.6) is 0 Å². The number of nitrogens with one attached hydrogen (secondary N) is 1. The molecule has 1 aromatic rings. The molecule has 0 atom stereocenters. The smallest absolute Gasteiger partial charge is 0.414 e. The predicted octanol–water partition coefficient (Wildman–Crippen LogP) is 0.855. The maximum atomic E-state index is 10.9. The molecular formula is C6H8N4O2S. The lowest BCUT2D eigenvalue weighted by atomic mass is 10.7. The maximum absolute atomic E-state index is 10.9. The first-order valence-corrected chi connectivity index (χ1v) is 4.13. The summed E-state index contributed by atoms with van der Waals surface area (Å²) < 4.78 is 8.35. The number of carbonyl (C=O) groups excluding carboxylic acids is 1. The van der Waals surface area contributed by atoms with Crippen molar-refractivity contribution in [2.24, 2.45) is 0 Å². The number of rotatable bonds is 3. The van der Waals surface area contributed by atoms with Crippen molar-refractivity contribution in [1.29, 1.82) is 0 Å². The minimum Gasteiger partial charge on any atom is -0.445 e. The van der Waals surface area contributed by atoms with Crippen molar-refractivity contribution in [2.75, 3.05) is 17.7 Å². The highest BCUT2D eigenvalue weighted by molar-refractivity contribution is 7.09. The van der Waals surface area contributed by atoms with E-state index in [1.807, 2.05) is 0 Å². The quantitative estimate of drug-likeness (QED) is 0.706. The summed E-state index contributed by atoms with van der Waals surface area (Å²) >= 11 is 0.996. The molecule has 0 bridgehead atoms. The Morgan fingerprint density at radius 1 is 1.85 bits per heavy atom. The Kier molecular flexibility index (Phi) is 3.21. The minimum absolute atomic E-state index is 0.144. The Morgan fingerprint density at radius 3 is 3.15 bits per heavy atom. The third-order valence-corrected chi connectivity index (χ3v) is 1.53. The topological polar surface area (TPSA) is 90.1 Å². The molecule has 3 N–H and O–H groups in total. The molecule has 6 nitrogen and oxygen atoms in total. The van der Waals surface area contributed by atoms with Gasteiger partial charge in [0.1, 0.15) is 6.61 Å². The number of nitrogens with zero attached hydrogens (tertiary/aromatic N) is 2. The number of anilines is 2. The van der Waals surface area contributed by atoms with E-state index in [9.17, 15) is 4.79 Å². The summed E-state index contributed by atoms with van der Waals surface area (Å²) in [5.74, 6) is 0.150. The van der Waals surface area contributed by atoms with Crippen LogP contribution in [0.2, 0.25) is 0 Å². The number of nitrogens with two attached hydrogens (primary N) is 1. The Morgan fingerprint density at radius 2 is 2.62 bits per heavy atom. The molecule has 0 unspecified atom stereocenters. The molecule has 1 rings (SSSR count). The Labute approximate surface area is 78.6 Å². The highest BCUT2D eigenvalue weighted by Gasteiger charge is 2.05. The molecule has 70 valence electrons. The van der Waals surface area contributed by atoms with Gasteiger partial charge in [0.2, 0.25) is 11.1 Å². The van der Waals surface area contributed by atoms with Gasteiger partial charge in [-0.2, -0.15) is 9.36 Å². The molecule has 13 heavy (non-hydrogen) atoms.